The Kier molecular flexibility index (Phi) is 77.2. The number of aliphatic hydroxyl groups excluding tert-OH is 1. The number of rotatable bonds is 87. The number of ether oxygens (including phenoxy) is 4. The van der Waals surface area contributed by atoms with E-state index in [9.17, 15) is 43.2 Å². The predicted molar refractivity (Wildman–Crippen MR) is 451 cm³/mol. The smallest absolute Gasteiger partial charge is 0.462 e. The Hall–Kier alpha value is -1.94. The predicted octanol–water partition coefficient (Wildman–Crippen LogP) is 27.5. The third-order valence-corrected chi connectivity index (χ3v) is 24.1. The van der Waals surface area contributed by atoms with Gasteiger partial charge in [-0.3, -0.25) is 37.3 Å². The number of hydrogen-bond donors (Lipinski definition) is 3. The molecule has 0 aromatic rings. The van der Waals surface area contributed by atoms with Crippen molar-refractivity contribution >= 4 is 39.5 Å². The zero-order chi connectivity index (χ0) is 80.2. The fraction of sp³-hybridized carbons (Fsp3) is 0.956. The zero-order valence-electron chi connectivity index (χ0n) is 72.2. The van der Waals surface area contributed by atoms with Crippen molar-refractivity contribution in [3.8, 4) is 0 Å². The molecule has 8 atom stereocenters. The molecule has 0 saturated heterocycles. The van der Waals surface area contributed by atoms with Gasteiger partial charge >= 0.3 is 39.5 Å². The molecule has 0 amide bonds. The molecule has 0 rings (SSSR count). The zero-order valence-corrected chi connectivity index (χ0v) is 74.0. The molecule has 648 valence electrons. The summed E-state index contributed by atoms with van der Waals surface area (Å²) in [5.74, 6) is 1.17. The van der Waals surface area contributed by atoms with E-state index in [0.717, 1.165) is 114 Å². The van der Waals surface area contributed by atoms with Crippen molar-refractivity contribution in [2.45, 2.75) is 491 Å². The van der Waals surface area contributed by atoms with Crippen LogP contribution in [0.25, 0.3) is 0 Å². The molecule has 0 bridgehead atoms. The molecule has 17 nitrogen and oxygen atoms in total. The third-order valence-electron chi connectivity index (χ3n) is 22.2. The summed E-state index contributed by atoms with van der Waals surface area (Å²) in [6.07, 6.45) is 69.4. The van der Waals surface area contributed by atoms with Gasteiger partial charge in [0.2, 0.25) is 0 Å². The van der Waals surface area contributed by atoms with Gasteiger partial charge < -0.3 is 33.8 Å². The number of carbonyl (C=O) groups is 4. The maximum Gasteiger partial charge on any atom is 0.472 e. The first-order valence-electron chi connectivity index (χ1n) is 46.3. The summed E-state index contributed by atoms with van der Waals surface area (Å²) >= 11 is 0. The molecule has 0 aliphatic rings. The Balaban J connectivity index is 5.24. The van der Waals surface area contributed by atoms with E-state index in [0.29, 0.717) is 25.7 Å². The minimum Gasteiger partial charge on any atom is -0.462 e. The molecule has 0 aromatic carbocycles. The van der Waals surface area contributed by atoms with E-state index >= 15 is 0 Å². The number of hydrogen-bond acceptors (Lipinski definition) is 15. The Morgan fingerprint density at radius 2 is 0.440 bits per heavy atom. The SMILES string of the molecule is CCC(C)CCCCCCCCCCCCCCCCCCCCC(=O)O[C@H](COC(=O)CCCCCCCCCCCCCCCCCCCCC(C)C)COP(=O)(O)OC[C@@H](O)COP(=O)(O)OC[C@@H](COC(=O)CCCCCCCCCCC(C)CC)OC(=O)CCCCCCCCCCCCC(C)CC. The number of carbonyl (C=O) groups excluding carboxylic acids is 4. The topological polar surface area (TPSA) is 237 Å². The average molecular weight is 1590 g/mol. The van der Waals surface area contributed by atoms with E-state index in [1.54, 1.807) is 0 Å². The van der Waals surface area contributed by atoms with Crippen molar-refractivity contribution in [1.29, 1.82) is 0 Å². The quantitative estimate of drug-likeness (QED) is 0.0222. The van der Waals surface area contributed by atoms with E-state index in [1.165, 1.54) is 276 Å². The van der Waals surface area contributed by atoms with Gasteiger partial charge in [-0.15, -0.1) is 0 Å². The normalized spacial score (nSPS) is 14.6. The summed E-state index contributed by atoms with van der Waals surface area (Å²) in [4.78, 5) is 73.4. The Morgan fingerprint density at radius 1 is 0.257 bits per heavy atom. The highest BCUT2D eigenvalue weighted by Gasteiger charge is 2.31. The lowest BCUT2D eigenvalue weighted by Crippen LogP contribution is -2.30. The van der Waals surface area contributed by atoms with E-state index in [4.69, 9.17) is 37.0 Å². The second-order valence-electron chi connectivity index (χ2n) is 33.5. The first kappa shape index (κ1) is 107. The monoisotopic (exact) mass is 1590 g/mol. The van der Waals surface area contributed by atoms with Gasteiger partial charge in [0, 0.05) is 25.7 Å². The maximum atomic E-state index is 13.2. The fourth-order valence-electron chi connectivity index (χ4n) is 13.9. The van der Waals surface area contributed by atoms with Crippen molar-refractivity contribution in [2.24, 2.45) is 23.7 Å². The molecule has 109 heavy (non-hydrogen) atoms. The van der Waals surface area contributed by atoms with Gasteiger partial charge in [0.25, 0.3) is 0 Å². The second kappa shape index (κ2) is 78.6. The van der Waals surface area contributed by atoms with Gasteiger partial charge in [0.15, 0.2) is 12.2 Å². The lowest BCUT2D eigenvalue weighted by molar-refractivity contribution is -0.161. The molecule has 0 fully saturated rings. The van der Waals surface area contributed by atoms with Gasteiger partial charge in [-0.2, -0.15) is 0 Å². The van der Waals surface area contributed by atoms with Crippen molar-refractivity contribution in [3.05, 3.63) is 0 Å². The average Bonchev–Trinajstić information content (AvgIpc) is 0.901. The van der Waals surface area contributed by atoms with Crippen LogP contribution in [0, 0.1) is 23.7 Å². The molecule has 0 saturated carbocycles. The number of phosphoric ester groups is 2. The fourth-order valence-corrected chi connectivity index (χ4v) is 15.5. The summed E-state index contributed by atoms with van der Waals surface area (Å²) in [6, 6.07) is 0. The van der Waals surface area contributed by atoms with Crippen LogP contribution in [0.2, 0.25) is 0 Å². The van der Waals surface area contributed by atoms with Crippen LogP contribution in [0.1, 0.15) is 473 Å². The molecule has 0 radical (unpaired) electrons. The summed E-state index contributed by atoms with van der Waals surface area (Å²) in [7, 11) is -9.94. The number of phosphoric acid groups is 2. The summed E-state index contributed by atoms with van der Waals surface area (Å²) in [5, 5.41) is 10.7. The van der Waals surface area contributed by atoms with Crippen LogP contribution in [-0.4, -0.2) is 96.7 Å². The molecular weight excluding hydrogens is 1410 g/mol. The van der Waals surface area contributed by atoms with Crippen LogP contribution < -0.4 is 0 Å². The minimum absolute atomic E-state index is 0.106. The lowest BCUT2D eigenvalue weighted by Gasteiger charge is -2.21. The highest BCUT2D eigenvalue weighted by atomic mass is 31.2. The van der Waals surface area contributed by atoms with Crippen LogP contribution in [0.5, 0.6) is 0 Å². The molecule has 19 heteroatoms. The Bertz CT molecular complexity index is 2120. The van der Waals surface area contributed by atoms with Gasteiger partial charge in [0.05, 0.1) is 26.4 Å². The van der Waals surface area contributed by atoms with Crippen LogP contribution >= 0.6 is 15.6 Å². The van der Waals surface area contributed by atoms with Gasteiger partial charge in [-0.25, -0.2) is 9.13 Å². The van der Waals surface area contributed by atoms with E-state index in [2.05, 4.69) is 55.4 Å². The number of aliphatic hydroxyl groups is 1. The summed E-state index contributed by atoms with van der Waals surface area (Å²) in [5.41, 5.74) is 0. The first-order valence-corrected chi connectivity index (χ1v) is 49.3. The van der Waals surface area contributed by atoms with Gasteiger partial charge in [-0.1, -0.05) is 421 Å². The molecule has 5 unspecified atom stereocenters. The molecule has 0 aliphatic carbocycles. The molecule has 0 aliphatic heterocycles. The van der Waals surface area contributed by atoms with E-state index < -0.39 is 97.5 Å². The van der Waals surface area contributed by atoms with Crippen molar-refractivity contribution in [3.63, 3.8) is 0 Å². The van der Waals surface area contributed by atoms with Crippen molar-refractivity contribution < 1.29 is 80.2 Å². The Labute approximate surface area is 670 Å². The second-order valence-corrected chi connectivity index (χ2v) is 36.5. The highest BCUT2D eigenvalue weighted by Crippen LogP contribution is 2.45. The molecule has 0 spiro atoms. The summed E-state index contributed by atoms with van der Waals surface area (Å²) in [6.45, 7) is 14.4. The standard InChI is InChI=1S/C90H176O17P2/c1-9-81(6)67-59-51-43-35-29-25-21-17-13-15-19-23-27-31-38-48-56-64-72-89(94)106-85(76-100-87(92)70-62-54-46-37-30-26-22-18-14-12-16-20-24-28-34-42-50-58-66-80(4)5)78-104-108(96,97)102-74-84(91)75-103-109(98,99)105-79-86(77-101-88(93)71-63-55-47-41-40-45-53-61-69-83(8)11-3)107-90(95)73-65-57-49-39-33-32-36-44-52-60-68-82(7)10-2/h80-86,91H,9-79H2,1-8H3,(H,96,97)(H,98,99)/t81?,82?,83?,84-,85-,86-/m1/s1. The largest absolute Gasteiger partial charge is 0.472 e. The molecule has 0 aromatic heterocycles. The van der Waals surface area contributed by atoms with Crippen molar-refractivity contribution in [2.75, 3.05) is 39.6 Å². The highest BCUT2D eigenvalue weighted by molar-refractivity contribution is 7.47. The minimum atomic E-state index is -4.97. The van der Waals surface area contributed by atoms with Crippen LogP contribution in [0.15, 0.2) is 0 Å². The number of esters is 4. The third kappa shape index (κ3) is 79.7. The van der Waals surface area contributed by atoms with Gasteiger partial charge in [0.1, 0.15) is 19.3 Å². The van der Waals surface area contributed by atoms with Crippen LogP contribution in [0.4, 0.5) is 0 Å². The van der Waals surface area contributed by atoms with E-state index in [-0.39, 0.29) is 25.7 Å². The molecule has 3 N–H and O–H groups in total. The van der Waals surface area contributed by atoms with Crippen molar-refractivity contribution in [1.82, 2.24) is 0 Å². The Morgan fingerprint density at radius 3 is 0.651 bits per heavy atom. The molecular formula is C90H176O17P2. The van der Waals surface area contributed by atoms with Crippen LogP contribution in [-0.2, 0) is 65.4 Å². The molecule has 0 heterocycles. The first-order chi connectivity index (χ1) is 52.7. The maximum absolute atomic E-state index is 13.2. The van der Waals surface area contributed by atoms with Crippen LogP contribution in [0.3, 0.4) is 0 Å². The van der Waals surface area contributed by atoms with E-state index in [1.807, 2.05) is 0 Å². The summed E-state index contributed by atoms with van der Waals surface area (Å²) < 4.78 is 69.0. The number of unbranched alkanes of at least 4 members (excludes halogenated alkanes) is 50. The van der Waals surface area contributed by atoms with Gasteiger partial charge in [-0.05, 0) is 49.4 Å². The lowest BCUT2D eigenvalue weighted by atomic mass is 9.99.